The van der Waals surface area contributed by atoms with E-state index < -0.39 is 0 Å². The molecule has 1 fully saturated rings. The Kier molecular flexibility index (Phi) is 7.53. The van der Waals surface area contributed by atoms with Gasteiger partial charge >= 0.3 is 0 Å². The molecular weight excluding hydrogens is 302 g/mol. The molecule has 4 nitrogen and oxygen atoms in total. The molecule has 1 aromatic rings. The number of methoxy groups -OCH3 is 1. The monoisotopic (exact) mass is 335 g/mol. The fraction of sp³-hybridized carbons (Fsp3) is 0.700. The van der Waals surface area contributed by atoms with Crippen LogP contribution in [0.3, 0.4) is 0 Å². The third-order valence-electron chi connectivity index (χ3n) is 4.94. The molecule has 1 unspecified atom stereocenters. The number of hydrogen-bond donors (Lipinski definition) is 0. The molecule has 1 aliphatic rings. The fourth-order valence-electron chi connectivity index (χ4n) is 3.38. The van der Waals surface area contributed by atoms with Crippen molar-refractivity contribution in [1.29, 1.82) is 0 Å². The topological polar surface area (TPSA) is 30.9 Å². The van der Waals surface area contributed by atoms with Gasteiger partial charge in [0.1, 0.15) is 5.75 Å². The number of ether oxygens (including phenoxy) is 3. The van der Waals surface area contributed by atoms with E-state index in [4.69, 9.17) is 14.2 Å². The summed E-state index contributed by atoms with van der Waals surface area (Å²) in [4.78, 5) is 2.56. The Balaban J connectivity index is 1.72. The second kappa shape index (κ2) is 9.40. The van der Waals surface area contributed by atoms with E-state index >= 15 is 0 Å². The number of nitrogens with zero attached hydrogens (tertiary/aromatic N) is 1. The Hall–Kier alpha value is -1.10. The van der Waals surface area contributed by atoms with Gasteiger partial charge in [0.05, 0.1) is 20.3 Å². The van der Waals surface area contributed by atoms with Crippen molar-refractivity contribution in [3.63, 3.8) is 0 Å². The van der Waals surface area contributed by atoms with E-state index in [1.807, 2.05) is 12.1 Å². The Labute approximate surface area is 147 Å². The van der Waals surface area contributed by atoms with Crippen molar-refractivity contribution in [2.75, 3.05) is 33.4 Å². The highest BCUT2D eigenvalue weighted by Gasteiger charge is 2.30. The molecule has 1 atom stereocenters. The Morgan fingerprint density at radius 2 is 1.83 bits per heavy atom. The van der Waals surface area contributed by atoms with Crippen molar-refractivity contribution >= 4 is 0 Å². The lowest BCUT2D eigenvalue weighted by Crippen LogP contribution is -2.35. The largest absolute Gasteiger partial charge is 0.497 e. The van der Waals surface area contributed by atoms with Crippen LogP contribution in [-0.2, 0) is 15.9 Å². The zero-order valence-corrected chi connectivity index (χ0v) is 15.7. The van der Waals surface area contributed by atoms with Gasteiger partial charge in [0.2, 0.25) is 0 Å². The highest BCUT2D eigenvalue weighted by atomic mass is 16.7. The van der Waals surface area contributed by atoms with E-state index in [2.05, 4.69) is 37.8 Å². The summed E-state index contributed by atoms with van der Waals surface area (Å²) in [6.07, 6.45) is 4.38. The van der Waals surface area contributed by atoms with E-state index in [-0.39, 0.29) is 5.79 Å². The quantitative estimate of drug-likeness (QED) is 0.607. The average Bonchev–Trinajstić information content (AvgIpc) is 3.02. The zero-order chi connectivity index (χ0) is 17.4. The van der Waals surface area contributed by atoms with Crippen LogP contribution in [0, 0.1) is 0 Å². The summed E-state index contributed by atoms with van der Waals surface area (Å²) in [6.45, 7) is 10.3. The minimum atomic E-state index is -0.342. The lowest BCUT2D eigenvalue weighted by Gasteiger charge is -2.29. The lowest BCUT2D eigenvalue weighted by molar-refractivity contribution is -0.147. The van der Waals surface area contributed by atoms with E-state index in [9.17, 15) is 0 Å². The first kappa shape index (κ1) is 19.2. The maximum atomic E-state index is 5.67. The first-order valence-corrected chi connectivity index (χ1v) is 9.21. The van der Waals surface area contributed by atoms with Crippen molar-refractivity contribution < 1.29 is 14.2 Å². The molecular formula is C20H33NO3. The molecule has 1 aromatic carbocycles. The Morgan fingerprint density at radius 3 is 2.42 bits per heavy atom. The van der Waals surface area contributed by atoms with Gasteiger partial charge in [-0.3, -0.25) is 0 Å². The molecule has 0 saturated carbocycles. The van der Waals surface area contributed by atoms with Crippen LogP contribution < -0.4 is 4.74 Å². The minimum Gasteiger partial charge on any atom is -0.497 e. The third-order valence-corrected chi connectivity index (χ3v) is 4.94. The van der Waals surface area contributed by atoms with Gasteiger partial charge in [0.25, 0.3) is 0 Å². The van der Waals surface area contributed by atoms with Gasteiger partial charge in [-0.05, 0) is 63.9 Å². The highest BCUT2D eigenvalue weighted by molar-refractivity contribution is 5.27. The van der Waals surface area contributed by atoms with Crippen LogP contribution in [0.1, 0.15) is 45.6 Å². The van der Waals surface area contributed by atoms with Gasteiger partial charge in [0.15, 0.2) is 5.79 Å². The third kappa shape index (κ3) is 5.76. The first-order chi connectivity index (χ1) is 11.6. The predicted molar refractivity (Wildman–Crippen MR) is 97.6 cm³/mol. The number of rotatable bonds is 10. The standard InChI is InChI=1S/C20H33NO3/c1-5-21(13-7-6-12-20(3)23-14-15-24-20)17(2)16-18-8-10-19(22-4)11-9-18/h8-11,17H,5-7,12-16H2,1-4H3. The van der Waals surface area contributed by atoms with E-state index in [1.165, 1.54) is 12.0 Å². The molecule has 0 amide bonds. The maximum absolute atomic E-state index is 5.67. The molecule has 1 saturated heterocycles. The van der Waals surface area contributed by atoms with Gasteiger partial charge in [-0.15, -0.1) is 0 Å². The SMILES string of the molecule is CCN(CCCCC1(C)OCCO1)C(C)Cc1ccc(OC)cc1. The smallest absolute Gasteiger partial charge is 0.165 e. The summed E-state index contributed by atoms with van der Waals surface area (Å²) >= 11 is 0. The summed E-state index contributed by atoms with van der Waals surface area (Å²) in [5, 5.41) is 0. The van der Waals surface area contributed by atoms with Gasteiger partial charge in [-0.2, -0.15) is 0 Å². The maximum Gasteiger partial charge on any atom is 0.165 e. The van der Waals surface area contributed by atoms with E-state index in [1.54, 1.807) is 7.11 Å². The molecule has 2 rings (SSSR count). The molecule has 1 aliphatic heterocycles. The predicted octanol–water partition coefficient (Wildman–Crippen LogP) is 3.88. The van der Waals surface area contributed by atoms with Crippen LogP contribution in [0.5, 0.6) is 5.75 Å². The van der Waals surface area contributed by atoms with Gasteiger partial charge in [0, 0.05) is 12.5 Å². The summed E-state index contributed by atoms with van der Waals surface area (Å²) in [7, 11) is 1.71. The van der Waals surface area contributed by atoms with Crippen molar-refractivity contribution in [2.45, 2.75) is 58.3 Å². The van der Waals surface area contributed by atoms with Crippen LogP contribution in [0.2, 0.25) is 0 Å². The number of benzene rings is 1. The second-order valence-electron chi connectivity index (χ2n) is 6.82. The summed E-state index contributed by atoms with van der Waals surface area (Å²) in [5.41, 5.74) is 1.36. The van der Waals surface area contributed by atoms with Crippen LogP contribution >= 0.6 is 0 Å². The van der Waals surface area contributed by atoms with E-state index in [0.717, 1.165) is 51.3 Å². The highest BCUT2D eigenvalue weighted by Crippen LogP contribution is 2.25. The summed E-state index contributed by atoms with van der Waals surface area (Å²) in [6, 6.07) is 8.96. The van der Waals surface area contributed by atoms with Gasteiger partial charge in [-0.1, -0.05) is 19.1 Å². The fourth-order valence-corrected chi connectivity index (χ4v) is 3.38. The molecule has 136 valence electrons. The van der Waals surface area contributed by atoms with Crippen molar-refractivity contribution in [3.8, 4) is 5.75 Å². The summed E-state index contributed by atoms with van der Waals surface area (Å²) in [5.74, 6) is 0.578. The first-order valence-electron chi connectivity index (χ1n) is 9.21. The van der Waals surface area contributed by atoms with E-state index in [0.29, 0.717) is 6.04 Å². The molecule has 0 bridgehead atoms. The molecule has 0 aliphatic carbocycles. The number of likely N-dealkylation sites (N-methyl/N-ethyl adjacent to an activating group) is 1. The second-order valence-corrected chi connectivity index (χ2v) is 6.82. The molecule has 0 spiro atoms. The number of unbranched alkanes of at least 4 members (excludes halogenated alkanes) is 1. The Bertz CT molecular complexity index is 468. The average molecular weight is 335 g/mol. The van der Waals surface area contributed by atoms with Crippen LogP contribution in [0.15, 0.2) is 24.3 Å². The van der Waals surface area contributed by atoms with Crippen molar-refractivity contribution in [2.24, 2.45) is 0 Å². The van der Waals surface area contributed by atoms with Gasteiger partial charge in [-0.25, -0.2) is 0 Å². The van der Waals surface area contributed by atoms with Crippen LogP contribution in [0.25, 0.3) is 0 Å². The molecule has 4 heteroatoms. The van der Waals surface area contributed by atoms with Crippen LogP contribution in [-0.4, -0.2) is 50.1 Å². The Morgan fingerprint density at radius 1 is 1.17 bits per heavy atom. The van der Waals surface area contributed by atoms with Crippen molar-refractivity contribution in [1.82, 2.24) is 4.90 Å². The normalized spacial score (nSPS) is 18.0. The lowest BCUT2D eigenvalue weighted by atomic mass is 10.0. The summed E-state index contributed by atoms with van der Waals surface area (Å²) < 4.78 is 16.6. The molecule has 0 radical (unpaired) electrons. The number of hydrogen-bond acceptors (Lipinski definition) is 4. The molecule has 0 aromatic heterocycles. The zero-order valence-electron chi connectivity index (χ0n) is 15.7. The molecule has 24 heavy (non-hydrogen) atoms. The van der Waals surface area contributed by atoms with Crippen molar-refractivity contribution in [3.05, 3.63) is 29.8 Å². The van der Waals surface area contributed by atoms with Gasteiger partial charge < -0.3 is 19.1 Å². The molecule has 1 heterocycles. The molecule has 0 N–H and O–H groups in total. The minimum absolute atomic E-state index is 0.342. The van der Waals surface area contributed by atoms with Crippen LogP contribution in [0.4, 0.5) is 0 Å².